The molecule has 2 atom stereocenters. The third kappa shape index (κ3) is 2.77. The molecule has 3 N–H and O–H groups in total. The van der Waals surface area contributed by atoms with Gasteiger partial charge in [0.1, 0.15) is 6.04 Å². The van der Waals surface area contributed by atoms with Gasteiger partial charge in [0.25, 0.3) is 0 Å². The van der Waals surface area contributed by atoms with Gasteiger partial charge in [0.05, 0.1) is 6.10 Å². The first-order valence-corrected chi connectivity index (χ1v) is 6.02. The molecule has 6 heteroatoms. The third-order valence-electron chi connectivity index (χ3n) is 2.85. The summed E-state index contributed by atoms with van der Waals surface area (Å²) in [6.07, 6.45) is -0.451. The summed E-state index contributed by atoms with van der Waals surface area (Å²) in [4.78, 5) is 12.6. The number of carbonyl (C=O) groups is 1. The maximum absolute atomic E-state index is 11.1. The maximum atomic E-state index is 11.1. The second-order valence-electron chi connectivity index (χ2n) is 4.19. The van der Waals surface area contributed by atoms with Crippen LogP contribution in [0.1, 0.15) is 6.42 Å². The number of benzene rings is 1. The molecule has 96 valence electrons. The van der Waals surface area contributed by atoms with Gasteiger partial charge in [-0.25, -0.2) is 4.79 Å². The van der Waals surface area contributed by atoms with Crippen LogP contribution >= 0.6 is 12.2 Å². The van der Waals surface area contributed by atoms with Crippen molar-refractivity contribution in [3.05, 3.63) is 30.3 Å². The summed E-state index contributed by atoms with van der Waals surface area (Å²) < 4.78 is 0. The number of aliphatic hydroxyl groups is 1. The lowest BCUT2D eigenvalue weighted by atomic mass is 10.2. The van der Waals surface area contributed by atoms with E-state index in [1.54, 1.807) is 0 Å². The second-order valence-corrected chi connectivity index (χ2v) is 4.58. The molecule has 1 unspecified atom stereocenters. The number of aliphatic carboxylic acids is 1. The minimum atomic E-state index is -0.969. The lowest BCUT2D eigenvalue weighted by Gasteiger charge is -2.24. The molecular formula is C12H14N2O3S. The molecule has 0 aliphatic carbocycles. The molecule has 1 aromatic rings. The molecule has 1 heterocycles. The lowest BCUT2D eigenvalue weighted by Crippen LogP contribution is -2.42. The number of thiocarbonyl (C=S) groups is 1. The zero-order chi connectivity index (χ0) is 13.1. The van der Waals surface area contributed by atoms with Gasteiger partial charge in [-0.2, -0.15) is 0 Å². The van der Waals surface area contributed by atoms with Crippen LogP contribution in [0.25, 0.3) is 0 Å². The van der Waals surface area contributed by atoms with Gasteiger partial charge in [0.15, 0.2) is 5.11 Å². The minimum Gasteiger partial charge on any atom is -0.480 e. The maximum Gasteiger partial charge on any atom is 0.326 e. The number of anilines is 1. The van der Waals surface area contributed by atoms with Gasteiger partial charge in [0, 0.05) is 18.7 Å². The highest BCUT2D eigenvalue weighted by molar-refractivity contribution is 7.80. The Bertz CT molecular complexity index is 452. The Morgan fingerprint density at radius 2 is 2.06 bits per heavy atom. The fraction of sp³-hybridized carbons (Fsp3) is 0.333. The molecule has 0 saturated carbocycles. The van der Waals surface area contributed by atoms with Crippen LogP contribution in [0.5, 0.6) is 0 Å². The van der Waals surface area contributed by atoms with Crippen molar-refractivity contribution >= 4 is 29.0 Å². The summed E-state index contributed by atoms with van der Waals surface area (Å²) in [6, 6.07) is 8.53. The molecule has 0 aromatic heterocycles. The van der Waals surface area contributed by atoms with Gasteiger partial charge >= 0.3 is 5.97 Å². The summed E-state index contributed by atoms with van der Waals surface area (Å²) in [5.41, 5.74) is 0.799. The molecule has 1 aliphatic rings. The number of likely N-dealkylation sites (tertiary alicyclic amines) is 1. The van der Waals surface area contributed by atoms with Crippen molar-refractivity contribution in [2.24, 2.45) is 0 Å². The quantitative estimate of drug-likeness (QED) is 0.691. The monoisotopic (exact) mass is 266 g/mol. The van der Waals surface area contributed by atoms with Crippen molar-refractivity contribution in [3.63, 3.8) is 0 Å². The molecule has 1 saturated heterocycles. The van der Waals surface area contributed by atoms with Gasteiger partial charge in [0.2, 0.25) is 0 Å². The number of para-hydroxylation sites is 1. The first-order chi connectivity index (χ1) is 8.58. The molecule has 0 radical (unpaired) electrons. The van der Waals surface area contributed by atoms with Crippen molar-refractivity contribution < 1.29 is 15.0 Å². The average molecular weight is 266 g/mol. The van der Waals surface area contributed by atoms with E-state index >= 15 is 0 Å². The predicted octanol–water partition coefficient (Wildman–Crippen LogP) is 0.903. The van der Waals surface area contributed by atoms with E-state index in [-0.39, 0.29) is 13.0 Å². The zero-order valence-corrected chi connectivity index (χ0v) is 10.4. The standard InChI is InChI=1S/C12H14N2O3S/c15-9-6-10(11(16)17)14(7-9)12(18)13-8-4-2-1-3-5-8/h1-5,9-10,15H,6-7H2,(H,13,18)(H,16,17)/t9?,10-/m0/s1. The molecule has 1 aromatic carbocycles. The normalized spacial score (nSPS) is 22.8. The SMILES string of the molecule is O=C(O)[C@@H]1CC(O)CN1C(=S)Nc1ccccc1. The highest BCUT2D eigenvalue weighted by Crippen LogP contribution is 2.19. The van der Waals surface area contributed by atoms with E-state index in [4.69, 9.17) is 17.3 Å². The van der Waals surface area contributed by atoms with Gasteiger partial charge < -0.3 is 20.4 Å². The van der Waals surface area contributed by atoms with E-state index in [0.29, 0.717) is 5.11 Å². The zero-order valence-electron chi connectivity index (χ0n) is 9.61. The van der Waals surface area contributed by atoms with Crippen molar-refractivity contribution in [2.45, 2.75) is 18.6 Å². The summed E-state index contributed by atoms with van der Waals surface area (Å²) in [7, 11) is 0. The molecule has 0 amide bonds. The highest BCUT2D eigenvalue weighted by atomic mass is 32.1. The number of rotatable bonds is 2. The number of carboxylic acids is 1. The second kappa shape index (κ2) is 5.32. The number of hydrogen-bond donors (Lipinski definition) is 3. The summed E-state index contributed by atoms with van der Waals surface area (Å²) in [5, 5.41) is 21.9. The van der Waals surface area contributed by atoms with Crippen molar-refractivity contribution in [1.29, 1.82) is 0 Å². The Kier molecular flexibility index (Phi) is 3.78. The van der Waals surface area contributed by atoms with E-state index in [0.717, 1.165) is 5.69 Å². The van der Waals surface area contributed by atoms with Crippen molar-refractivity contribution in [3.8, 4) is 0 Å². The van der Waals surface area contributed by atoms with Crippen LogP contribution in [-0.2, 0) is 4.79 Å². The number of nitrogens with one attached hydrogen (secondary N) is 1. The van der Waals surface area contributed by atoms with E-state index in [1.165, 1.54) is 4.90 Å². The van der Waals surface area contributed by atoms with Gasteiger partial charge in [-0.1, -0.05) is 18.2 Å². The van der Waals surface area contributed by atoms with Gasteiger partial charge in [-0.05, 0) is 24.4 Å². The third-order valence-corrected chi connectivity index (χ3v) is 3.19. The Labute approximate surface area is 110 Å². The average Bonchev–Trinajstić information content (AvgIpc) is 2.73. The Morgan fingerprint density at radius 1 is 1.39 bits per heavy atom. The molecule has 2 rings (SSSR count). The number of nitrogens with zero attached hydrogens (tertiary/aromatic N) is 1. The number of carboxylic acid groups (broad SMARTS) is 1. The summed E-state index contributed by atoms with van der Waals surface area (Å²) in [5.74, 6) is -0.969. The Balaban J connectivity index is 2.06. The van der Waals surface area contributed by atoms with E-state index in [9.17, 15) is 9.90 Å². The van der Waals surface area contributed by atoms with Crippen LogP contribution in [0, 0.1) is 0 Å². The summed E-state index contributed by atoms with van der Waals surface area (Å²) >= 11 is 5.19. The fourth-order valence-electron chi connectivity index (χ4n) is 1.99. The van der Waals surface area contributed by atoms with E-state index in [2.05, 4.69) is 5.32 Å². The number of aliphatic hydroxyl groups excluding tert-OH is 1. The van der Waals surface area contributed by atoms with Gasteiger partial charge in [-0.3, -0.25) is 0 Å². The topological polar surface area (TPSA) is 72.8 Å². The Morgan fingerprint density at radius 3 is 2.67 bits per heavy atom. The molecular weight excluding hydrogens is 252 g/mol. The largest absolute Gasteiger partial charge is 0.480 e. The van der Waals surface area contributed by atoms with Crippen LogP contribution in [0.2, 0.25) is 0 Å². The molecule has 18 heavy (non-hydrogen) atoms. The molecule has 1 fully saturated rings. The van der Waals surface area contributed by atoms with Crippen molar-refractivity contribution in [1.82, 2.24) is 4.90 Å². The molecule has 0 spiro atoms. The predicted molar refractivity (Wildman–Crippen MR) is 71.4 cm³/mol. The van der Waals surface area contributed by atoms with Crippen LogP contribution < -0.4 is 5.32 Å². The van der Waals surface area contributed by atoms with Crippen molar-refractivity contribution in [2.75, 3.05) is 11.9 Å². The fourth-order valence-corrected chi connectivity index (χ4v) is 2.31. The highest BCUT2D eigenvalue weighted by Gasteiger charge is 2.37. The van der Waals surface area contributed by atoms with E-state index < -0.39 is 18.1 Å². The van der Waals surface area contributed by atoms with Crippen LogP contribution in [0.15, 0.2) is 30.3 Å². The first-order valence-electron chi connectivity index (χ1n) is 5.61. The number of β-amino-alcohol motifs (C(OH)–C–C–N with tert-alkyl or cyclic N) is 1. The molecule has 5 nitrogen and oxygen atoms in total. The summed E-state index contributed by atoms with van der Waals surface area (Å²) in [6.45, 7) is 0.246. The van der Waals surface area contributed by atoms with Crippen LogP contribution in [0.3, 0.4) is 0 Å². The Hall–Kier alpha value is -1.66. The molecule has 0 bridgehead atoms. The molecule has 1 aliphatic heterocycles. The lowest BCUT2D eigenvalue weighted by molar-refractivity contribution is -0.140. The first kappa shape index (κ1) is 12.8. The van der Waals surface area contributed by atoms with Gasteiger partial charge in [-0.15, -0.1) is 0 Å². The number of hydrogen-bond acceptors (Lipinski definition) is 3. The van der Waals surface area contributed by atoms with E-state index in [1.807, 2.05) is 30.3 Å². The van der Waals surface area contributed by atoms with Crippen LogP contribution in [-0.4, -0.2) is 44.9 Å². The smallest absolute Gasteiger partial charge is 0.326 e. The van der Waals surface area contributed by atoms with Crippen LogP contribution in [0.4, 0.5) is 5.69 Å². The minimum absolute atomic E-state index is 0.200.